The van der Waals surface area contributed by atoms with Crippen LogP contribution in [0.3, 0.4) is 0 Å². The van der Waals surface area contributed by atoms with Gasteiger partial charge in [-0.3, -0.25) is 4.79 Å². The van der Waals surface area contributed by atoms with Gasteiger partial charge in [-0.15, -0.1) is 0 Å². The molecule has 0 radical (unpaired) electrons. The van der Waals surface area contributed by atoms with Crippen molar-refractivity contribution >= 4 is 5.78 Å². The number of benzene rings is 1. The van der Waals surface area contributed by atoms with Crippen molar-refractivity contribution in [2.75, 3.05) is 6.54 Å². The third-order valence-electron chi connectivity index (χ3n) is 2.21. The van der Waals surface area contributed by atoms with Crippen LogP contribution in [0.1, 0.15) is 10.4 Å². The molecule has 1 aromatic heterocycles. The summed E-state index contributed by atoms with van der Waals surface area (Å²) in [5, 5.41) is 3.91. The van der Waals surface area contributed by atoms with Crippen LogP contribution in [0, 0.1) is 5.82 Å². The van der Waals surface area contributed by atoms with Gasteiger partial charge < -0.3 is 5.73 Å². The smallest absolute Gasteiger partial charge is 0.176 e. The number of nitrogens with zero attached hydrogens (tertiary/aromatic N) is 2. The molecule has 0 spiro atoms. The van der Waals surface area contributed by atoms with E-state index in [-0.39, 0.29) is 17.9 Å². The van der Waals surface area contributed by atoms with Crippen LogP contribution < -0.4 is 5.73 Å². The molecule has 0 aliphatic heterocycles. The zero-order valence-corrected chi connectivity index (χ0v) is 8.43. The van der Waals surface area contributed by atoms with Gasteiger partial charge in [0.1, 0.15) is 11.5 Å². The number of halogens is 1. The van der Waals surface area contributed by atoms with Gasteiger partial charge in [0, 0.05) is 18.0 Å². The molecule has 0 aliphatic rings. The Morgan fingerprint density at radius 2 is 2.31 bits per heavy atom. The van der Waals surface area contributed by atoms with E-state index in [9.17, 15) is 9.18 Å². The second kappa shape index (κ2) is 4.24. The zero-order valence-electron chi connectivity index (χ0n) is 8.43. The molecule has 2 rings (SSSR count). The molecule has 0 fully saturated rings. The molecule has 0 saturated carbocycles. The second-order valence-corrected chi connectivity index (χ2v) is 3.24. The molecule has 2 N–H and O–H groups in total. The van der Waals surface area contributed by atoms with Crippen LogP contribution in [0.25, 0.3) is 5.69 Å². The highest BCUT2D eigenvalue weighted by Gasteiger charge is 2.09. The quantitative estimate of drug-likeness (QED) is 0.788. The molecule has 82 valence electrons. The highest BCUT2D eigenvalue weighted by atomic mass is 19.1. The number of carbonyl (C=O) groups excluding carboxylic acids is 1. The molecule has 1 heterocycles. The van der Waals surface area contributed by atoms with Gasteiger partial charge in [0.15, 0.2) is 5.78 Å². The van der Waals surface area contributed by atoms with Crippen molar-refractivity contribution in [2.45, 2.75) is 0 Å². The van der Waals surface area contributed by atoms with Gasteiger partial charge in [0.25, 0.3) is 0 Å². The number of carbonyl (C=O) groups is 1. The van der Waals surface area contributed by atoms with E-state index in [0.29, 0.717) is 5.69 Å². The van der Waals surface area contributed by atoms with Crippen LogP contribution in [0.15, 0.2) is 36.7 Å². The van der Waals surface area contributed by atoms with Crippen LogP contribution in [-0.4, -0.2) is 22.1 Å². The lowest BCUT2D eigenvalue weighted by molar-refractivity contribution is 0.100. The Balaban J connectivity index is 2.41. The largest absolute Gasteiger partial charge is 0.324 e. The van der Waals surface area contributed by atoms with E-state index in [1.54, 1.807) is 18.5 Å². The summed E-state index contributed by atoms with van der Waals surface area (Å²) in [6, 6.07) is 5.91. The molecule has 0 saturated heterocycles. The third-order valence-corrected chi connectivity index (χ3v) is 2.21. The van der Waals surface area contributed by atoms with Crippen LogP contribution in [0.5, 0.6) is 0 Å². The van der Waals surface area contributed by atoms with Crippen molar-refractivity contribution in [3.8, 4) is 5.69 Å². The molecule has 5 heteroatoms. The van der Waals surface area contributed by atoms with Gasteiger partial charge in [-0.1, -0.05) is 0 Å². The van der Waals surface area contributed by atoms with Gasteiger partial charge in [0.05, 0.1) is 6.54 Å². The number of hydrogen-bond acceptors (Lipinski definition) is 3. The standard InChI is InChI=1S/C11H10FN3O/c12-9-6-8(11(16)7-13)2-3-10(9)15-5-1-4-14-15/h1-6H,7,13H2. The number of nitrogens with two attached hydrogens (primary N) is 1. The average Bonchev–Trinajstić information content (AvgIpc) is 2.81. The van der Waals surface area contributed by atoms with Crippen molar-refractivity contribution in [1.29, 1.82) is 0 Å². The summed E-state index contributed by atoms with van der Waals surface area (Å²) in [5.74, 6) is -0.783. The Kier molecular flexibility index (Phi) is 2.78. The van der Waals surface area contributed by atoms with Crippen LogP contribution in [0.2, 0.25) is 0 Å². The van der Waals surface area contributed by atoms with E-state index in [1.165, 1.54) is 22.9 Å². The summed E-state index contributed by atoms with van der Waals surface area (Å²) in [6.07, 6.45) is 3.18. The Hall–Kier alpha value is -2.01. The van der Waals surface area contributed by atoms with Crippen LogP contribution >= 0.6 is 0 Å². The summed E-state index contributed by atoms with van der Waals surface area (Å²) < 4.78 is 15.1. The fraction of sp³-hybridized carbons (Fsp3) is 0.0909. The van der Waals surface area contributed by atoms with Crippen LogP contribution in [0.4, 0.5) is 4.39 Å². The zero-order chi connectivity index (χ0) is 11.5. The first-order valence-electron chi connectivity index (χ1n) is 4.75. The molecular formula is C11H10FN3O. The van der Waals surface area contributed by atoms with Crippen molar-refractivity contribution in [3.05, 3.63) is 48.0 Å². The van der Waals surface area contributed by atoms with Gasteiger partial charge in [0.2, 0.25) is 0 Å². The van der Waals surface area contributed by atoms with Gasteiger partial charge in [-0.05, 0) is 24.3 Å². The third kappa shape index (κ3) is 1.85. The molecule has 0 amide bonds. The highest BCUT2D eigenvalue weighted by Crippen LogP contribution is 2.14. The highest BCUT2D eigenvalue weighted by molar-refractivity contribution is 5.97. The fourth-order valence-corrected chi connectivity index (χ4v) is 1.40. The van der Waals surface area contributed by atoms with Gasteiger partial charge in [-0.25, -0.2) is 9.07 Å². The lowest BCUT2D eigenvalue weighted by Crippen LogP contribution is -2.14. The Bertz CT molecular complexity index is 508. The molecular weight excluding hydrogens is 209 g/mol. The van der Waals surface area contributed by atoms with Crippen molar-refractivity contribution in [3.63, 3.8) is 0 Å². The van der Waals surface area contributed by atoms with Gasteiger partial charge in [-0.2, -0.15) is 5.10 Å². The molecule has 2 aromatic rings. The molecule has 0 atom stereocenters. The Morgan fingerprint density at radius 1 is 1.50 bits per heavy atom. The van der Waals surface area contributed by atoms with E-state index in [1.807, 2.05) is 0 Å². The summed E-state index contributed by atoms with van der Waals surface area (Å²) >= 11 is 0. The first kappa shape index (κ1) is 10.5. The predicted molar refractivity (Wildman–Crippen MR) is 56.9 cm³/mol. The molecule has 1 aromatic carbocycles. The maximum absolute atomic E-state index is 13.7. The number of ketones is 1. The van der Waals surface area contributed by atoms with Crippen molar-refractivity contribution < 1.29 is 9.18 Å². The van der Waals surface area contributed by atoms with E-state index < -0.39 is 5.82 Å². The molecule has 0 unspecified atom stereocenters. The number of rotatable bonds is 3. The SMILES string of the molecule is NCC(=O)c1ccc(-n2cccn2)c(F)c1. The second-order valence-electron chi connectivity index (χ2n) is 3.24. The normalized spacial score (nSPS) is 10.4. The number of aromatic nitrogens is 2. The lowest BCUT2D eigenvalue weighted by atomic mass is 10.1. The van der Waals surface area contributed by atoms with Crippen molar-refractivity contribution in [2.24, 2.45) is 5.73 Å². The summed E-state index contributed by atoms with van der Waals surface area (Å²) in [4.78, 5) is 11.2. The predicted octanol–water partition coefficient (Wildman–Crippen LogP) is 1.15. The van der Waals surface area contributed by atoms with Crippen molar-refractivity contribution in [1.82, 2.24) is 9.78 Å². The maximum Gasteiger partial charge on any atom is 0.176 e. The Morgan fingerprint density at radius 3 is 2.88 bits per heavy atom. The minimum atomic E-state index is -0.497. The summed E-state index contributed by atoms with van der Waals surface area (Å²) in [6.45, 7) is -0.124. The molecule has 16 heavy (non-hydrogen) atoms. The topological polar surface area (TPSA) is 60.9 Å². The minimum absolute atomic E-state index is 0.124. The average molecular weight is 219 g/mol. The fourth-order valence-electron chi connectivity index (χ4n) is 1.40. The molecule has 4 nitrogen and oxygen atoms in total. The van der Waals surface area contributed by atoms with Gasteiger partial charge >= 0.3 is 0 Å². The summed E-state index contributed by atoms with van der Waals surface area (Å²) in [7, 11) is 0. The molecule has 0 bridgehead atoms. The van der Waals surface area contributed by atoms with E-state index in [2.05, 4.69) is 5.10 Å². The first-order chi connectivity index (χ1) is 7.72. The Labute approximate surface area is 91.5 Å². The minimum Gasteiger partial charge on any atom is -0.324 e. The van der Waals surface area contributed by atoms with E-state index >= 15 is 0 Å². The first-order valence-corrected chi connectivity index (χ1v) is 4.75. The number of hydrogen-bond donors (Lipinski definition) is 1. The summed E-state index contributed by atoms with van der Waals surface area (Å²) in [5.41, 5.74) is 5.78. The number of Topliss-reactive ketones (excluding diaryl/α,β-unsaturated/α-hetero) is 1. The van der Waals surface area contributed by atoms with E-state index in [0.717, 1.165) is 0 Å². The monoisotopic (exact) mass is 219 g/mol. The maximum atomic E-state index is 13.7. The lowest BCUT2D eigenvalue weighted by Gasteiger charge is -2.04. The molecule has 0 aliphatic carbocycles. The van der Waals surface area contributed by atoms with E-state index in [4.69, 9.17) is 5.73 Å². The van der Waals surface area contributed by atoms with Crippen LogP contribution in [-0.2, 0) is 0 Å².